The average molecular weight is 192 g/mol. The molecule has 0 aromatic rings. The van der Waals surface area contributed by atoms with Crippen LogP contribution in [-0.4, -0.2) is 12.4 Å². The van der Waals surface area contributed by atoms with E-state index in [1.54, 1.807) is 0 Å². The van der Waals surface area contributed by atoms with Crippen LogP contribution < -0.4 is 0 Å². The molecule has 0 nitrogen and oxygen atoms in total. The van der Waals surface area contributed by atoms with Crippen molar-refractivity contribution in [2.45, 2.75) is 25.7 Å². The smallest absolute Gasteiger partial charge is 0.171 e. The SMILES string of the molecule is CC1(C(F)(F)F)CC1C(F)(F)F. The van der Waals surface area contributed by atoms with Crippen LogP contribution in [0.4, 0.5) is 26.3 Å². The van der Waals surface area contributed by atoms with E-state index in [-0.39, 0.29) is 0 Å². The molecular weight excluding hydrogens is 186 g/mol. The van der Waals surface area contributed by atoms with Crippen LogP contribution in [0.3, 0.4) is 0 Å². The summed E-state index contributed by atoms with van der Waals surface area (Å²) in [5.74, 6) is -2.20. The zero-order valence-corrected chi connectivity index (χ0v) is 6.05. The molecule has 1 rings (SSSR count). The summed E-state index contributed by atoms with van der Waals surface area (Å²) < 4.78 is 71.0. The van der Waals surface area contributed by atoms with Gasteiger partial charge < -0.3 is 0 Å². The van der Waals surface area contributed by atoms with Gasteiger partial charge in [0.1, 0.15) is 0 Å². The summed E-state index contributed by atoms with van der Waals surface area (Å²) in [4.78, 5) is 0. The molecule has 0 aliphatic heterocycles. The van der Waals surface area contributed by atoms with Gasteiger partial charge in [-0.3, -0.25) is 0 Å². The molecule has 0 spiro atoms. The number of alkyl halides is 6. The first kappa shape index (κ1) is 9.67. The molecule has 0 saturated heterocycles. The Morgan fingerprint density at radius 2 is 1.50 bits per heavy atom. The van der Waals surface area contributed by atoms with Crippen molar-refractivity contribution < 1.29 is 26.3 Å². The molecule has 1 fully saturated rings. The van der Waals surface area contributed by atoms with Gasteiger partial charge in [0.15, 0.2) is 0 Å². The lowest BCUT2D eigenvalue weighted by Gasteiger charge is -2.16. The van der Waals surface area contributed by atoms with Crippen LogP contribution in [0.1, 0.15) is 13.3 Å². The van der Waals surface area contributed by atoms with Crippen molar-refractivity contribution in [3.05, 3.63) is 0 Å². The highest BCUT2D eigenvalue weighted by atomic mass is 19.4. The molecule has 0 radical (unpaired) electrons. The predicted octanol–water partition coefficient (Wildman–Crippen LogP) is 3.14. The highest BCUT2D eigenvalue weighted by Crippen LogP contribution is 2.67. The van der Waals surface area contributed by atoms with Crippen molar-refractivity contribution in [3.8, 4) is 0 Å². The Morgan fingerprint density at radius 1 is 1.08 bits per heavy atom. The maximum Gasteiger partial charge on any atom is 0.394 e. The molecule has 1 aliphatic carbocycles. The van der Waals surface area contributed by atoms with E-state index in [2.05, 4.69) is 0 Å². The molecule has 0 bridgehead atoms. The van der Waals surface area contributed by atoms with E-state index in [1.165, 1.54) is 0 Å². The minimum absolute atomic E-state index is 0.602. The van der Waals surface area contributed by atoms with Crippen LogP contribution in [0.2, 0.25) is 0 Å². The fraction of sp³-hybridized carbons (Fsp3) is 1.00. The van der Waals surface area contributed by atoms with Gasteiger partial charge in [0.2, 0.25) is 0 Å². The summed E-state index contributed by atoms with van der Waals surface area (Å²) in [5.41, 5.74) is -2.54. The normalized spacial score (nSPS) is 36.8. The van der Waals surface area contributed by atoms with E-state index in [9.17, 15) is 26.3 Å². The van der Waals surface area contributed by atoms with E-state index >= 15 is 0 Å². The fourth-order valence-electron chi connectivity index (χ4n) is 1.16. The van der Waals surface area contributed by atoms with E-state index in [1.807, 2.05) is 0 Å². The van der Waals surface area contributed by atoms with Crippen molar-refractivity contribution in [2.24, 2.45) is 11.3 Å². The fourth-order valence-corrected chi connectivity index (χ4v) is 1.16. The van der Waals surface area contributed by atoms with Crippen LogP contribution in [-0.2, 0) is 0 Å². The van der Waals surface area contributed by atoms with Gasteiger partial charge in [-0.25, -0.2) is 0 Å². The molecule has 0 N–H and O–H groups in total. The number of hydrogen-bond acceptors (Lipinski definition) is 0. The van der Waals surface area contributed by atoms with Crippen LogP contribution >= 0.6 is 0 Å². The van der Waals surface area contributed by atoms with Crippen LogP contribution in [0.15, 0.2) is 0 Å². The quantitative estimate of drug-likeness (QED) is 0.517. The monoisotopic (exact) mass is 192 g/mol. The Labute approximate surface area is 64.6 Å². The first-order valence-corrected chi connectivity index (χ1v) is 3.22. The third kappa shape index (κ3) is 1.27. The van der Waals surface area contributed by atoms with Crippen molar-refractivity contribution in [1.82, 2.24) is 0 Å². The third-order valence-electron chi connectivity index (χ3n) is 2.28. The van der Waals surface area contributed by atoms with E-state index < -0.39 is 30.1 Å². The molecule has 0 aromatic carbocycles. The van der Waals surface area contributed by atoms with Gasteiger partial charge in [0.05, 0.1) is 11.3 Å². The maximum atomic E-state index is 11.9. The summed E-state index contributed by atoms with van der Waals surface area (Å²) >= 11 is 0. The Balaban J connectivity index is 2.73. The molecule has 0 heterocycles. The van der Waals surface area contributed by atoms with E-state index in [0.717, 1.165) is 0 Å². The van der Waals surface area contributed by atoms with Crippen LogP contribution in [0, 0.1) is 11.3 Å². The molecule has 2 unspecified atom stereocenters. The summed E-state index contributed by atoms with van der Waals surface area (Å²) in [5, 5.41) is 0. The molecule has 2 atom stereocenters. The summed E-state index contributed by atoms with van der Waals surface area (Å²) in [6.07, 6.45) is -10.3. The minimum Gasteiger partial charge on any atom is -0.171 e. The zero-order valence-electron chi connectivity index (χ0n) is 6.05. The molecule has 0 aromatic heterocycles. The van der Waals surface area contributed by atoms with Gasteiger partial charge in [0.25, 0.3) is 0 Å². The van der Waals surface area contributed by atoms with Crippen LogP contribution in [0.25, 0.3) is 0 Å². The minimum atomic E-state index is -4.74. The third-order valence-corrected chi connectivity index (χ3v) is 2.28. The van der Waals surface area contributed by atoms with Crippen molar-refractivity contribution in [2.75, 3.05) is 0 Å². The molecule has 1 saturated carbocycles. The highest BCUT2D eigenvalue weighted by molar-refractivity contribution is 5.06. The topological polar surface area (TPSA) is 0 Å². The van der Waals surface area contributed by atoms with Crippen molar-refractivity contribution >= 4 is 0 Å². The lowest BCUT2D eigenvalue weighted by atomic mass is 10.1. The van der Waals surface area contributed by atoms with Gasteiger partial charge >= 0.3 is 12.4 Å². The second-order valence-corrected chi connectivity index (χ2v) is 3.21. The van der Waals surface area contributed by atoms with Gasteiger partial charge in [-0.1, -0.05) is 6.92 Å². The molecule has 72 valence electrons. The van der Waals surface area contributed by atoms with Crippen LogP contribution in [0.5, 0.6) is 0 Å². The first-order valence-electron chi connectivity index (χ1n) is 3.22. The predicted molar refractivity (Wildman–Crippen MR) is 28.3 cm³/mol. The molecule has 0 amide bonds. The number of hydrogen-bond donors (Lipinski definition) is 0. The van der Waals surface area contributed by atoms with Gasteiger partial charge in [-0.05, 0) is 6.42 Å². The summed E-state index contributed by atoms with van der Waals surface area (Å²) in [6.45, 7) is 0.602. The average Bonchev–Trinajstić information content (AvgIpc) is 2.38. The summed E-state index contributed by atoms with van der Waals surface area (Å²) in [7, 11) is 0. The van der Waals surface area contributed by atoms with Gasteiger partial charge in [-0.2, -0.15) is 26.3 Å². The Kier molecular flexibility index (Phi) is 1.68. The van der Waals surface area contributed by atoms with E-state index in [0.29, 0.717) is 6.92 Å². The highest BCUT2D eigenvalue weighted by Gasteiger charge is 2.75. The van der Waals surface area contributed by atoms with Crippen molar-refractivity contribution in [3.63, 3.8) is 0 Å². The molecule has 1 aliphatic rings. The van der Waals surface area contributed by atoms with E-state index in [4.69, 9.17) is 0 Å². The van der Waals surface area contributed by atoms with Gasteiger partial charge in [-0.15, -0.1) is 0 Å². The molecule has 6 heteroatoms. The number of rotatable bonds is 0. The Bertz CT molecular complexity index is 189. The first-order chi connectivity index (χ1) is 5.09. The maximum absolute atomic E-state index is 11.9. The lowest BCUT2D eigenvalue weighted by molar-refractivity contribution is -0.219. The summed E-state index contributed by atoms with van der Waals surface area (Å²) in [6, 6.07) is 0. The Morgan fingerprint density at radius 3 is 1.58 bits per heavy atom. The van der Waals surface area contributed by atoms with Crippen molar-refractivity contribution in [1.29, 1.82) is 0 Å². The van der Waals surface area contributed by atoms with Gasteiger partial charge in [0, 0.05) is 0 Å². The number of halogens is 6. The second kappa shape index (κ2) is 2.09. The Hall–Kier alpha value is -0.420. The lowest BCUT2D eigenvalue weighted by Crippen LogP contribution is -2.28. The molecular formula is C6H6F6. The zero-order chi connectivity index (χ0) is 9.78. The standard InChI is InChI=1S/C6H6F6/c1-4(6(10,11)12)2-3(4)5(7,8)9/h3H,2H2,1H3. The molecule has 12 heavy (non-hydrogen) atoms. The largest absolute Gasteiger partial charge is 0.394 e. The second-order valence-electron chi connectivity index (χ2n) is 3.21.